The van der Waals surface area contributed by atoms with Gasteiger partial charge in [0.05, 0.1) is 20.3 Å². The largest absolute Gasteiger partial charge is 0.493 e. The Balaban J connectivity index is 3.10. The maximum Gasteiger partial charge on any atom is 0.160 e. The second-order valence-corrected chi connectivity index (χ2v) is 3.24. The molecule has 1 rings (SSSR count). The van der Waals surface area contributed by atoms with E-state index < -0.39 is 0 Å². The first kappa shape index (κ1) is 12.2. The Morgan fingerprint density at radius 1 is 1.31 bits per heavy atom. The van der Waals surface area contributed by atoms with Gasteiger partial charge < -0.3 is 9.47 Å². The number of nitrogens with zero attached hydrogens (tertiary/aromatic N) is 3. The Labute approximate surface area is 94.6 Å². The van der Waals surface area contributed by atoms with Gasteiger partial charge in [0.25, 0.3) is 0 Å². The summed E-state index contributed by atoms with van der Waals surface area (Å²) in [4.78, 5) is 2.83. The summed E-state index contributed by atoms with van der Waals surface area (Å²) >= 11 is 0. The molecule has 0 aromatic heterocycles. The first-order valence-electron chi connectivity index (χ1n) is 5.03. The van der Waals surface area contributed by atoms with Gasteiger partial charge in [0.15, 0.2) is 11.5 Å². The van der Waals surface area contributed by atoms with Gasteiger partial charge in [-0.15, -0.1) is 0 Å². The fourth-order valence-electron chi connectivity index (χ4n) is 1.51. The summed E-state index contributed by atoms with van der Waals surface area (Å²) in [5.41, 5.74) is 9.39. The predicted octanol–water partition coefficient (Wildman–Crippen LogP) is 3.47. The Kier molecular flexibility index (Phi) is 4.48. The van der Waals surface area contributed by atoms with Gasteiger partial charge in [-0.25, -0.2) is 0 Å². The first-order chi connectivity index (χ1) is 7.76. The van der Waals surface area contributed by atoms with E-state index in [0.717, 1.165) is 12.0 Å². The summed E-state index contributed by atoms with van der Waals surface area (Å²) in [6, 6.07) is 5.36. The number of methoxy groups -OCH3 is 2. The molecule has 0 bridgehead atoms. The van der Waals surface area contributed by atoms with E-state index in [1.807, 2.05) is 25.1 Å². The average Bonchev–Trinajstić information content (AvgIpc) is 2.35. The van der Waals surface area contributed by atoms with Crippen molar-refractivity contribution in [2.24, 2.45) is 5.11 Å². The van der Waals surface area contributed by atoms with Crippen molar-refractivity contribution in [2.45, 2.75) is 19.4 Å². The fourth-order valence-corrected chi connectivity index (χ4v) is 1.51. The van der Waals surface area contributed by atoms with Crippen LogP contribution in [0.3, 0.4) is 0 Å². The third kappa shape index (κ3) is 2.58. The topological polar surface area (TPSA) is 67.2 Å². The van der Waals surface area contributed by atoms with Crippen LogP contribution in [0, 0.1) is 0 Å². The highest BCUT2D eigenvalue weighted by atomic mass is 16.5. The van der Waals surface area contributed by atoms with Crippen molar-refractivity contribution in [3.8, 4) is 11.5 Å². The average molecular weight is 221 g/mol. The van der Waals surface area contributed by atoms with Gasteiger partial charge in [-0.2, -0.15) is 0 Å². The number of benzene rings is 1. The van der Waals surface area contributed by atoms with Crippen LogP contribution in [0.4, 0.5) is 0 Å². The van der Waals surface area contributed by atoms with E-state index in [1.165, 1.54) is 0 Å². The molecule has 0 saturated heterocycles. The molecular weight excluding hydrogens is 206 g/mol. The van der Waals surface area contributed by atoms with E-state index in [4.69, 9.17) is 15.0 Å². The monoisotopic (exact) mass is 221 g/mol. The molecule has 0 aliphatic rings. The van der Waals surface area contributed by atoms with Gasteiger partial charge >= 0.3 is 0 Å². The molecule has 0 N–H and O–H groups in total. The number of rotatable bonds is 5. The fraction of sp³-hybridized carbons (Fsp3) is 0.455. The third-order valence-corrected chi connectivity index (χ3v) is 2.37. The van der Waals surface area contributed by atoms with Crippen molar-refractivity contribution in [1.29, 1.82) is 0 Å². The SMILES string of the molecule is CC[C@H](N=[N+]=[N-])c1ccc(OC)c(OC)c1. The standard InChI is InChI=1S/C11H15N3O2/c1-4-9(13-14-12)8-5-6-10(15-2)11(7-8)16-3/h5-7,9H,4H2,1-3H3/t9-/m0/s1. The number of hydrogen-bond acceptors (Lipinski definition) is 3. The molecule has 0 spiro atoms. The molecule has 16 heavy (non-hydrogen) atoms. The number of hydrogen-bond donors (Lipinski definition) is 0. The van der Waals surface area contributed by atoms with Crippen LogP contribution in [-0.4, -0.2) is 14.2 Å². The summed E-state index contributed by atoms with van der Waals surface area (Å²) in [5, 5.41) is 3.73. The highest BCUT2D eigenvalue weighted by Gasteiger charge is 2.10. The molecule has 5 nitrogen and oxygen atoms in total. The molecule has 0 aliphatic heterocycles. The number of ether oxygens (including phenoxy) is 2. The normalized spacial score (nSPS) is 11.4. The lowest BCUT2D eigenvalue weighted by Crippen LogP contribution is -1.96. The minimum Gasteiger partial charge on any atom is -0.493 e. The Bertz CT molecular complexity index is 400. The van der Waals surface area contributed by atoms with Crippen molar-refractivity contribution in [3.63, 3.8) is 0 Å². The lowest BCUT2D eigenvalue weighted by Gasteiger charge is -2.12. The molecule has 0 aliphatic carbocycles. The molecule has 0 amide bonds. The molecule has 86 valence electrons. The molecule has 5 heteroatoms. The van der Waals surface area contributed by atoms with E-state index in [9.17, 15) is 0 Å². The van der Waals surface area contributed by atoms with Gasteiger partial charge in [-0.1, -0.05) is 18.1 Å². The zero-order chi connectivity index (χ0) is 12.0. The predicted molar refractivity (Wildman–Crippen MR) is 61.7 cm³/mol. The molecule has 0 radical (unpaired) electrons. The maximum atomic E-state index is 8.46. The Morgan fingerprint density at radius 2 is 2.00 bits per heavy atom. The van der Waals surface area contributed by atoms with Crippen molar-refractivity contribution in [1.82, 2.24) is 0 Å². The lowest BCUT2D eigenvalue weighted by molar-refractivity contribution is 0.354. The van der Waals surface area contributed by atoms with Crippen molar-refractivity contribution in [2.75, 3.05) is 14.2 Å². The lowest BCUT2D eigenvalue weighted by atomic mass is 10.0. The highest BCUT2D eigenvalue weighted by molar-refractivity contribution is 5.43. The molecule has 0 heterocycles. The summed E-state index contributed by atoms with van der Waals surface area (Å²) in [7, 11) is 3.17. The van der Waals surface area contributed by atoms with Crippen LogP contribution in [-0.2, 0) is 0 Å². The van der Waals surface area contributed by atoms with Crippen LogP contribution in [0.15, 0.2) is 23.3 Å². The third-order valence-electron chi connectivity index (χ3n) is 2.37. The quantitative estimate of drug-likeness (QED) is 0.434. The summed E-state index contributed by atoms with van der Waals surface area (Å²) in [6.45, 7) is 1.97. The van der Waals surface area contributed by atoms with Crippen molar-refractivity contribution < 1.29 is 9.47 Å². The molecule has 0 fully saturated rings. The maximum absolute atomic E-state index is 8.46. The van der Waals surface area contributed by atoms with Crippen LogP contribution in [0.5, 0.6) is 11.5 Å². The Hall–Kier alpha value is -1.87. The molecule has 1 aromatic carbocycles. The van der Waals surface area contributed by atoms with Crippen LogP contribution in [0.2, 0.25) is 0 Å². The van der Waals surface area contributed by atoms with Crippen LogP contribution >= 0.6 is 0 Å². The summed E-state index contributed by atoms with van der Waals surface area (Å²) < 4.78 is 10.3. The first-order valence-corrected chi connectivity index (χ1v) is 5.03. The minimum absolute atomic E-state index is 0.162. The van der Waals surface area contributed by atoms with E-state index in [0.29, 0.717) is 11.5 Å². The van der Waals surface area contributed by atoms with E-state index in [1.54, 1.807) is 14.2 Å². The van der Waals surface area contributed by atoms with Crippen LogP contribution in [0.25, 0.3) is 10.4 Å². The van der Waals surface area contributed by atoms with Crippen molar-refractivity contribution >= 4 is 0 Å². The highest BCUT2D eigenvalue weighted by Crippen LogP contribution is 2.32. The Morgan fingerprint density at radius 3 is 2.50 bits per heavy atom. The van der Waals surface area contributed by atoms with Crippen LogP contribution < -0.4 is 9.47 Å². The smallest absolute Gasteiger partial charge is 0.160 e. The molecule has 1 aromatic rings. The molecule has 1 atom stereocenters. The van der Waals surface area contributed by atoms with Crippen molar-refractivity contribution in [3.05, 3.63) is 34.2 Å². The zero-order valence-corrected chi connectivity index (χ0v) is 9.67. The molecular formula is C11H15N3O2. The van der Waals surface area contributed by atoms with E-state index >= 15 is 0 Å². The zero-order valence-electron chi connectivity index (χ0n) is 9.67. The van der Waals surface area contributed by atoms with Gasteiger partial charge in [0.2, 0.25) is 0 Å². The number of azide groups is 1. The minimum atomic E-state index is -0.162. The van der Waals surface area contributed by atoms with Gasteiger partial charge in [0.1, 0.15) is 0 Å². The van der Waals surface area contributed by atoms with Gasteiger partial charge in [-0.3, -0.25) is 0 Å². The summed E-state index contributed by atoms with van der Waals surface area (Å²) in [5.74, 6) is 1.31. The van der Waals surface area contributed by atoms with E-state index in [2.05, 4.69) is 10.0 Å². The van der Waals surface area contributed by atoms with Gasteiger partial charge in [-0.05, 0) is 29.6 Å². The van der Waals surface area contributed by atoms with E-state index in [-0.39, 0.29) is 6.04 Å². The summed E-state index contributed by atoms with van der Waals surface area (Å²) in [6.07, 6.45) is 0.750. The molecule has 0 saturated carbocycles. The second kappa shape index (κ2) is 5.88. The second-order valence-electron chi connectivity index (χ2n) is 3.24. The van der Waals surface area contributed by atoms with Crippen LogP contribution in [0.1, 0.15) is 24.9 Å². The molecule has 0 unspecified atom stereocenters. The van der Waals surface area contributed by atoms with Gasteiger partial charge in [0, 0.05) is 4.91 Å².